The molecule has 192 valence electrons. The van der Waals surface area contributed by atoms with E-state index in [0.29, 0.717) is 19.7 Å². The van der Waals surface area contributed by atoms with Gasteiger partial charge in [-0.3, -0.25) is 0 Å². The van der Waals surface area contributed by atoms with E-state index in [2.05, 4.69) is 73.0 Å². The van der Waals surface area contributed by atoms with Gasteiger partial charge in [-0.2, -0.15) is 0 Å². The minimum absolute atomic E-state index is 0.0475. The number of benzene rings is 1. The molecule has 0 aliphatic heterocycles. The molecule has 0 bridgehead atoms. The molecule has 2 N–H and O–H groups in total. The third-order valence-corrected chi connectivity index (χ3v) is 16.3. The highest BCUT2D eigenvalue weighted by molar-refractivity contribution is 6.74. The molecular formula is C25H49NO5Si2. The van der Waals surface area contributed by atoms with Crippen LogP contribution in [0, 0.1) is 0 Å². The Balaban J connectivity index is 2.92. The molecule has 0 fully saturated rings. The smallest absolute Gasteiger partial charge is 0.192 e. The van der Waals surface area contributed by atoms with Crippen molar-refractivity contribution in [1.29, 1.82) is 0 Å². The van der Waals surface area contributed by atoms with Gasteiger partial charge in [-0.25, -0.2) is 0 Å². The number of hydrogen-bond donors (Lipinski definition) is 2. The molecule has 33 heavy (non-hydrogen) atoms. The van der Waals surface area contributed by atoms with Gasteiger partial charge < -0.3 is 28.7 Å². The molecule has 0 saturated carbocycles. The molecule has 0 heterocycles. The number of hydrogen-bond acceptors (Lipinski definition) is 6. The van der Waals surface area contributed by atoms with E-state index in [9.17, 15) is 5.11 Å². The molecule has 2 atom stereocenters. The van der Waals surface area contributed by atoms with E-state index in [1.807, 2.05) is 18.2 Å². The van der Waals surface area contributed by atoms with Crippen LogP contribution in [0.15, 0.2) is 18.2 Å². The maximum absolute atomic E-state index is 11.1. The fraction of sp³-hybridized carbons (Fsp3) is 0.760. The second-order valence-electron chi connectivity index (χ2n) is 11.9. The minimum Gasteiger partial charge on any atom is -0.497 e. The molecule has 0 spiro atoms. The summed E-state index contributed by atoms with van der Waals surface area (Å²) in [5.41, 5.74) is 1.00. The van der Waals surface area contributed by atoms with Crippen molar-refractivity contribution in [3.63, 3.8) is 0 Å². The van der Waals surface area contributed by atoms with E-state index < -0.39 is 22.7 Å². The van der Waals surface area contributed by atoms with Crippen LogP contribution in [-0.4, -0.2) is 61.3 Å². The lowest BCUT2D eigenvalue weighted by Gasteiger charge is -2.42. The van der Waals surface area contributed by atoms with Crippen LogP contribution in [0.1, 0.15) is 47.1 Å². The van der Waals surface area contributed by atoms with Gasteiger partial charge in [0.2, 0.25) is 0 Å². The van der Waals surface area contributed by atoms with Crippen molar-refractivity contribution in [3.8, 4) is 11.5 Å². The van der Waals surface area contributed by atoms with E-state index in [1.165, 1.54) is 0 Å². The van der Waals surface area contributed by atoms with Crippen LogP contribution in [0.3, 0.4) is 0 Å². The summed E-state index contributed by atoms with van der Waals surface area (Å²) >= 11 is 0. The Morgan fingerprint density at radius 1 is 0.909 bits per heavy atom. The summed E-state index contributed by atoms with van der Waals surface area (Å²) in [6.07, 6.45) is -1.07. The van der Waals surface area contributed by atoms with Gasteiger partial charge >= 0.3 is 0 Å². The fourth-order valence-electron chi connectivity index (χ4n) is 2.77. The van der Waals surface area contributed by atoms with Crippen LogP contribution in [0.5, 0.6) is 11.5 Å². The van der Waals surface area contributed by atoms with Gasteiger partial charge in [0.05, 0.1) is 33.0 Å². The third-order valence-electron chi connectivity index (χ3n) is 7.26. The first-order valence-electron chi connectivity index (χ1n) is 11.9. The number of rotatable bonds is 12. The summed E-state index contributed by atoms with van der Waals surface area (Å²) in [6, 6.07) is 5.75. The Morgan fingerprint density at radius 3 is 1.97 bits per heavy atom. The molecule has 0 saturated heterocycles. The highest BCUT2D eigenvalue weighted by atomic mass is 28.4. The lowest BCUT2D eigenvalue weighted by Crippen LogP contribution is -2.52. The number of aliphatic hydroxyl groups is 1. The average molecular weight is 500 g/mol. The van der Waals surface area contributed by atoms with Crippen molar-refractivity contribution in [2.45, 2.75) is 96.6 Å². The lowest BCUT2D eigenvalue weighted by atomic mass is 10.1. The Morgan fingerprint density at radius 2 is 1.48 bits per heavy atom. The SMILES string of the molecule is COc1ccc(CNCC(O)C(CO[Si](C)(C)C(C)(C)C)O[Si](C)(C)C(C)(C)C)c(OC)c1. The van der Waals surface area contributed by atoms with Gasteiger partial charge in [-0.1, -0.05) is 47.6 Å². The van der Waals surface area contributed by atoms with Gasteiger partial charge in [-0.15, -0.1) is 0 Å². The molecule has 0 aliphatic rings. The number of aliphatic hydroxyl groups excluding tert-OH is 1. The molecule has 0 aliphatic carbocycles. The number of ether oxygens (including phenoxy) is 2. The van der Waals surface area contributed by atoms with Crippen molar-refractivity contribution in [1.82, 2.24) is 5.32 Å². The summed E-state index contributed by atoms with van der Waals surface area (Å²) in [7, 11) is -0.769. The summed E-state index contributed by atoms with van der Waals surface area (Å²) in [5, 5.41) is 14.7. The third kappa shape index (κ3) is 8.67. The molecule has 0 amide bonds. The maximum Gasteiger partial charge on any atom is 0.192 e. The average Bonchev–Trinajstić information content (AvgIpc) is 2.69. The standard InChI is InChI=1S/C25H49NO5Si2/c1-24(2,3)32(9,10)30-18-23(31-33(11,12)25(4,5)6)21(27)17-26-16-19-13-14-20(28-7)15-22(19)29-8/h13-15,21,23,26-27H,16-18H2,1-12H3. The monoisotopic (exact) mass is 499 g/mol. The predicted octanol–water partition coefficient (Wildman–Crippen LogP) is 5.57. The summed E-state index contributed by atoms with van der Waals surface area (Å²) in [6.45, 7) is 23.6. The molecule has 0 aromatic heterocycles. The van der Waals surface area contributed by atoms with Crippen molar-refractivity contribution >= 4 is 16.6 Å². The second kappa shape index (κ2) is 11.7. The molecule has 6 nitrogen and oxygen atoms in total. The molecule has 1 aromatic rings. The zero-order valence-electron chi connectivity index (χ0n) is 23.1. The Hall–Kier alpha value is -0.906. The van der Waals surface area contributed by atoms with E-state index in [4.69, 9.17) is 18.3 Å². The van der Waals surface area contributed by atoms with Gasteiger partial charge in [0.1, 0.15) is 11.5 Å². The Bertz CT molecular complexity index is 741. The summed E-state index contributed by atoms with van der Waals surface area (Å²) in [4.78, 5) is 0. The van der Waals surface area contributed by atoms with Gasteiger partial charge in [-0.05, 0) is 42.3 Å². The van der Waals surface area contributed by atoms with Gasteiger partial charge in [0.15, 0.2) is 16.6 Å². The van der Waals surface area contributed by atoms with Crippen LogP contribution in [-0.2, 0) is 15.4 Å². The summed E-state index contributed by atoms with van der Waals surface area (Å²) < 4.78 is 23.9. The quantitative estimate of drug-likeness (QED) is 0.367. The molecule has 2 unspecified atom stereocenters. The van der Waals surface area contributed by atoms with Crippen LogP contribution >= 0.6 is 0 Å². The topological polar surface area (TPSA) is 69.2 Å². The van der Waals surface area contributed by atoms with E-state index in [1.54, 1.807) is 14.2 Å². The first-order chi connectivity index (χ1) is 14.9. The highest BCUT2D eigenvalue weighted by Crippen LogP contribution is 2.39. The van der Waals surface area contributed by atoms with Crippen LogP contribution in [0.2, 0.25) is 36.3 Å². The fourth-order valence-corrected chi connectivity index (χ4v) is 5.12. The van der Waals surface area contributed by atoms with Crippen LogP contribution < -0.4 is 14.8 Å². The molecule has 1 aromatic carbocycles. The first-order valence-corrected chi connectivity index (χ1v) is 17.7. The van der Waals surface area contributed by atoms with Gasteiger partial charge in [0.25, 0.3) is 0 Å². The maximum atomic E-state index is 11.1. The Kier molecular flexibility index (Phi) is 10.7. The minimum atomic E-state index is -2.09. The molecular weight excluding hydrogens is 450 g/mol. The second-order valence-corrected chi connectivity index (χ2v) is 21.4. The number of methoxy groups -OCH3 is 2. The molecule has 0 radical (unpaired) electrons. The predicted molar refractivity (Wildman–Crippen MR) is 142 cm³/mol. The largest absolute Gasteiger partial charge is 0.497 e. The molecule has 8 heteroatoms. The van der Waals surface area contributed by atoms with Crippen molar-refractivity contribution in [2.75, 3.05) is 27.4 Å². The van der Waals surface area contributed by atoms with E-state index in [0.717, 1.165) is 17.1 Å². The van der Waals surface area contributed by atoms with Crippen LogP contribution in [0.25, 0.3) is 0 Å². The van der Waals surface area contributed by atoms with Gasteiger partial charge in [0, 0.05) is 24.7 Å². The lowest BCUT2D eigenvalue weighted by molar-refractivity contribution is -0.00212. The Labute approximate surface area is 204 Å². The number of nitrogens with one attached hydrogen (secondary N) is 1. The normalized spacial score (nSPS) is 15.3. The van der Waals surface area contributed by atoms with E-state index >= 15 is 0 Å². The first kappa shape index (κ1) is 30.1. The highest BCUT2D eigenvalue weighted by Gasteiger charge is 2.42. The zero-order chi connectivity index (χ0) is 25.7. The van der Waals surface area contributed by atoms with Crippen molar-refractivity contribution < 1.29 is 23.4 Å². The van der Waals surface area contributed by atoms with Crippen LogP contribution in [0.4, 0.5) is 0 Å². The molecule has 1 rings (SSSR count). The van der Waals surface area contributed by atoms with Crippen molar-refractivity contribution in [3.05, 3.63) is 23.8 Å². The zero-order valence-corrected chi connectivity index (χ0v) is 25.1. The summed E-state index contributed by atoms with van der Waals surface area (Å²) in [5.74, 6) is 1.51. The van der Waals surface area contributed by atoms with Crippen molar-refractivity contribution in [2.24, 2.45) is 0 Å². The van der Waals surface area contributed by atoms with E-state index in [-0.39, 0.29) is 16.2 Å².